The Labute approximate surface area is 106 Å². The number of nitrogens with zero attached hydrogens (tertiary/aromatic N) is 1. The molecule has 106 valence electrons. The summed E-state index contributed by atoms with van der Waals surface area (Å²) in [6.45, 7) is 4.07. The zero-order valence-electron chi connectivity index (χ0n) is 10.8. The first-order valence-electron chi connectivity index (χ1n) is 5.48. The van der Waals surface area contributed by atoms with Crippen molar-refractivity contribution in [3.8, 4) is 0 Å². The first-order chi connectivity index (χ1) is 8.31. The van der Waals surface area contributed by atoms with E-state index < -0.39 is 12.0 Å². The molecular formula is C10H22N4O4. The summed E-state index contributed by atoms with van der Waals surface area (Å²) in [6.07, 6.45) is 0.956. The minimum Gasteiger partial charge on any atom is -0.480 e. The number of aliphatic imine (C=N–C) groups is 1. The second-order valence-corrected chi connectivity index (χ2v) is 3.32. The van der Waals surface area contributed by atoms with Gasteiger partial charge in [-0.05, 0) is 19.8 Å². The standard InChI is InChI=1S/C6H14N4O2.C4H8O2/c7-4(5(11)12)2-1-3-10-6(8)9;1-3-6-4(2)5/h4H,1-3,7H2,(H,11,12)(H4,8,9,10);3H2,1-2H3/t4-;/m0./s1. The minimum absolute atomic E-state index is 0.0129. The highest BCUT2D eigenvalue weighted by atomic mass is 16.5. The molecule has 0 aromatic carbocycles. The second-order valence-electron chi connectivity index (χ2n) is 3.32. The number of carbonyl (C=O) groups is 2. The van der Waals surface area contributed by atoms with Gasteiger partial charge in [-0.2, -0.15) is 0 Å². The third-order valence-corrected chi connectivity index (χ3v) is 1.63. The average Bonchev–Trinajstić information content (AvgIpc) is 2.24. The summed E-state index contributed by atoms with van der Waals surface area (Å²) < 4.78 is 4.40. The van der Waals surface area contributed by atoms with E-state index in [4.69, 9.17) is 22.3 Å². The van der Waals surface area contributed by atoms with Gasteiger partial charge in [-0.15, -0.1) is 0 Å². The molecule has 8 heteroatoms. The van der Waals surface area contributed by atoms with Crippen LogP contribution >= 0.6 is 0 Å². The Morgan fingerprint density at radius 1 is 1.39 bits per heavy atom. The Morgan fingerprint density at radius 3 is 2.22 bits per heavy atom. The van der Waals surface area contributed by atoms with Crippen molar-refractivity contribution in [2.45, 2.75) is 32.7 Å². The van der Waals surface area contributed by atoms with Gasteiger partial charge in [0.25, 0.3) is 0 Å². The van der Waals surface area contributed by atoms with Gasteiger partial charge in [0, 0.05) is 13.5 Å². The quantitative estimate of drug-likeness (QED) is 0.207. The topological polar surface area (TPSA) is 154 Å². The molecule has 0 fully saturated rings. The highest BCUT2D eigenvalue weighted by Gasteiger charge is 2.09. The SMILES string of the molecule is CCOC(C)=O.NC(N)=NCCC[C@H](N)C(=O)O. The molecule has 8 nitrogen and oxygen atoms in total. The molecule has 0 unspecified atom stereocenters. The van der Waals surface area contributed by atoms with Gasteiger partial charge in [0.15, 0.2) is 5.96 Å². The van der Waals surface area contributed by atoms with Crippen LogP contribution in [0, 0.1) is 0 Å². The van der Waals surface area contributed by atoms with Crippen molar-refractivity contribution in [1.82, 2.24) is 0 Å². The van der Waals surface area contributed by atoms with Crippen LogP contribution in [0.1, 0.15) is 26.7 Å². The van der Waals surface area contributed by atoms with E-state index in [2.05, 4.69) is 9.73 Å². The van der Waals surface area contributed by atoms with Gasteiger partial charge in [-0.3, -0.25) is 14.6 Å². The van der Waals surface area contributed by atoms with Crippen LogP contribution in [0.5, 0.6) is 0 Å². The molecule has 0 aliphatic carbocycles. The summed E-state index contributed by atoms with van der Waals surface area (Å²) in [7, 11) is 0. The van der Waals surface area contributed by atoms with Crippen LogP contribution in [-0.2, 0) is 14.3 Å². The monoisotopic (exact) mass is 262 g/mol. The number of carboxylic acid groups (broad SMARTS) is 1. The fourth-order valence-electron chi connectivity index (χ4n) is 0.846. The van der Waals surface area contributed by atoms with Crippen LogP contribution < -0.4 is 17.2 Å². The summed E-state index contributed by atoms with van der Waals surface area (Å²) in [5.74, 6) is -1.20. The molecule has 0 rings (SSSR count). The summed E-state index contributed by atoms with van der Waals surface area (Å²) >= 11 is 0. The largest absolute Gasteiger partial charge is 0.480 e. The smallest absolute Gasteiger partial charge is 0.320 e. The van der Waals surface area contributed by atoms with E-state index in [1.54, 1.807) is 6.92 Å². The zero-order valence-corrected chi connectivity index (χ0v) is 10.8. The molecule has 0 aromatic heterocycles. The molecule has 7 N–H and O–H groups in total. The van der Waals surface area contributed by atoms with Crippen LogP contribution in [-0.4, -0.2) is 42.2 Å². The molecule has 0 amide bonds. The predicted molar refractivity (Wildman–Crippen MR) is 67.8 cm³/mol. The van der Waals surface area contributed by atoms with Crippen molar-refractivity contribution in [2.24, 2.45) is 22.2 Å². The van der Waals surface area contributed by atoms with Gasteiger partial charge in [0.2, 0.25) is 0 Å². The minimum atomic E-state index is -1.00. The Balaban J connectivity index is 0. The number of esters is 1. The number of carboxylic acids is 1. The Morgan fingerprint density at radius 2 is 1.94 bits per heavy atom. The van der Waals surface area contributed by atoms with E-state index in [0.717, 1.165) is 0 Å². The maximum Gasteiger partial charge on any atom is 0.320 e. The van der Waals surface area contributed by atoms with Crippen LogP contribution in [0.25, 0.3) is 0 Å². The van der Waals surface area contributed by atoms with Gasteiger partial charge in [0.1, 0.15) is 6.04 Å². The Hall–Kier alpha value is -1.83. The summed E-state index contributed by atoms with van der Waals surface area (Å²) in [5, 5.41) is 8.38. The number of nitrogens with two attached hydrogens (primary N) is 3. The molecule has 1 atom stereocenters. The Kier molecular flexibility index (Phi) is 12.0. The van der Waals surface area contributed by atoms with E-state index >= 15 is 0 Å². The first kappa shape index (κ1) is 18.5. The maximum atomic E-state index is 10.2. The lowest BCUT2D eigenvalue weighted by molar-refractivity contribution is -0.140. The van der Waals surface area contributed by atoms with Crippen molar-refractivity contribution in [3.05, 3.63) is 0 Å². The average molecular weight is 262 g/mol. The number of ether oxygens (including phenoxy) is 1. The van der Waals surface area contributed by atoms with Gasteiger partial charge >= 0.3 is 11.9 Å². The molecule has 0 aliphatic rings. The lowest BCUT2D eigenvalue weighted by atomic mass is 10.2. The molecule has 0 heterocycles. The number of carbonyl (C=O) groups excluding carboxylic acids is 1. The van der Waals surface area contributed by atoms with E-state index in [9.17, 15) is 9.59 Å². The summed E-state index contributed by atoms with van der Waals surface area (Å²) in [5.41, 5.74) is 15.3. The number of hydrogen-bond acceptors (Lipinski definition) is 5. The molecule has 0 spiro atoms. The summed E-state index contributed by atoms with van der Waals surface area (Å²) in [6, 6.07) is -0.820. The third kappa shape index (κ3) is 16.6. The third-order valence-electron chi connectivity index (χ3n) is 1.63. The Bertz CT molecular complexity index is 277. The molecule has 18 heavy (non-hydrogen) atoms. The van der Waals surface area contributed by atoms with Gasteiger partial charge < -0.3 is 27.0 Å². The van der Waals surface area contributed by atoms with E-state index in [1.165, 1.54) is 6.92 Å². The summed E-state index contributed by atoms with van der Waals surface area (Å²) in [4.78, 5) is 23.7. The number of guanidine groups is 1. The highest BCUT2D eigenvalue weighted by molar-refractivity contribution is 5.75. The van der Waals surface area contributed by atoms with Gasteiger partial charge in [0.05, 0.1) is 6.61 Å². The van der Waals surface area contributed by atoms with Crippen molar-refractivity contribution in [2.75, 3.05) is 13.2 Å². The van der Waals surface area contributed by atoms with E-state index in [-0.39, 0.29) is 11.9 Å². The number of rotatable bonds is 6. The number of hydrogen-bond donors (Lipinski definition) is 4. The van der Waals surface area contributed by atoms with Crippen LogP contribution in [0.3, 0.4) is 0 Å². The fraction of sp³-hybridized carbons (Fsp3) is 0.700. The van der Waals surface area contributed by atoms with Gasteiger partial charge in [-0.1, -0.05) is 0 Å². The lowest BCUT2D eigenvalue weighted by Crippen LogP contribution is -2.30. The maximum absolute atomic E-state index is 10.2. The van der Waals surface area contributed by atoms with Crippen LogP contribution in [0.4, 0.5) is 0 Å². The predicted octanol–water partition coefficient (Wildman–Crippen LogP) is -0.979. The van der Waals surface area contributed by atoms with Crippen molar-refractivity contribution < 1.29 is 19.4 Å². The molecule has 0 aromatic rings. The molecule has 0 radical (unpaired) electrons. The molecular weight excluding hydrogens is 240 g/mol. The van der Waals surface area contributed by atoms with Gasteiger partial charge in [-0.25, -0.2) is 0 Å². The van der Waals surface area contributed by atoms with Crippen LogP contribution in [0.15, 0.2) is 4.99 Å². The molecule has 0 aliphatic heterocycles. The number of aliphatic carboxylic acids is 1. The van der Waals surface area contributed by atoms with Crippen molar-refractivity contribution in [1.29, 1.82) is 0 Å². The van der Waals surface area contributed by atoms with Crippen molar-refractivity contribution >= 4 is 17.9 Å². The van der Waals surface area contributed by atoms with Crippen molar-refractivity contribution in [3.63, 3.8) is 0 Å². The molecule has 0 bridgehead atoms. The van der Waals surface area contributed by atoms with E-state index in [1.807, 2.05) is 0 Å². The highest BCUT2D eigenvalue weighted by Crippen LogP contribution is 1.94. The first-order valence-corrected chi connectivity index (χ1v) is 5.48. The lowest BCUT2D eigenvalue weighted by Gasteiger charge is -2.03. The fourth-order valence-corrected chi connectivity index (χ4v) is 0.846. The molecule has 0 saturated heterocycles. The second kappa shape index (κ2) is 11.6. The molecule has 0 saturated carbocycles. The van der Waals surface area contributed by atoms with Crippen LogP contribution in [0.2, 0.25) is 0 Å². The van der Waals surface area contributed by atoms with E-state index in [0.29, 0.717) is 26.0 Å². The zero-order chi connectivity index (χ0) is 14.6. The normalized spacial score (nSPS) is 10.6.